The van der Waals surface area contributed by atoms with Gasteiger partial charge in [-0.3, -0.25) is 0 Å². The Labute approximate surface area is 328 Å². The van der Waals surface area contributed by atoms with Gasteiger partial charge >= 0.3 is 22.7 Å². The first kappa shape index (κ1) is 45.5. The van der Waals surface area contributed by atoms with Crippen LogP contribution in [0.4, 0.5) is 13.2 Å². The molecule has 4 aromatic rings. The number of aryl methyl sites for hydroxylation is 2. The largest absolute Gasteiger partial charge is 0.534 e. The van der Waals surface area contributed by atoms with Gasteiger partial charge in [-0.05, 0) is 161 Å². The van der Waals surface area contributed by atoms with Crippen molar-refractivity contribution in [2.24, 2.45) is 0 Å². The molecule has 0 atom stereocenters. The van der Waals surface area contributed by atoms with Crippen LogP contribution in [0.3, 0.4) is 0 Å². The fourth-order valence-corrected chi connectivity index (χ4v) is 6.14. The first-order valence-electron chi connectivity index (χ1n) is 17.5. The molecule has 0 spiro atoms. The van der Waals surface area contributed by atoms with Gasteiger partial charge in [-0.25, -0.2) is 0 Å². The third kappa shape index (κ3) is 13.1. The lowest BCUT2D eigenvalue weighted by Gasteiger charge is -2.24. The Kier molecular flexibility index (Phi) is 14.9. The minimum absolute atomic E-state index is 0. The van der Waals surface area contributed by atoms with Gasteiger partial charge in [0.2, 0.25) is 0 Å². The second-order valence-corrected chi connectivity index (χ2v) is 16.4. The molecule has 2 aliphatic rings. The van der Waals surface area contributed by atoms with Crippen LogP contribution >= 0.6 is 0 Å². The number of fused-ring (bicyclic) bond motifs is 2. The zero-order valence-electron chi connectivity index (χ0n) is 31.5. The zero-order chi connectivity index (χ0) is 40.8. The predicted octanol–water partition coefficient (Wildman–Crippen LogP) is 8.67. The van der Waals surface area contributed by atoms with Crippen LogP contribution in [-0.4, -0.2) is 52.5 Å². The van der Waals surface area contributed by atoms with Crippen LogP contribution in [0.1, 0.15) is 89.6 Å². The number of phenols is 2. The molecule has 56 heavy (non-hydrogen) atoms. The van der Waals surface area contributed by atoms with E-state index in [4.69, 9.17) is 24.6 Å². The lowest BCUT2D eigenvalue weighted by atomic mass is 9.80. The molecule has 0 saturated heterocycles. The molecule has 14 heteroatoms. The van der Waals surface area contributed by atoms with Crippen LogP contribution in [0.25, 0.3) is 11.3 Å². The summed E-state index contributed by atoms with van der Waals surface area (Å²) in [6.07, 6.45) is 6.64. The van der Waals surface area contributed by atoms with Gasteiger partial charge in [-0.2, -0.15) is 21.6 Å². The predicted molar refractivity (Wildman–Crippen MR) is 214 cm³/mol. The van der Waals surface area contributed by atoms with Crippen LogP contribution in [0.2, 0.25) is 0 Å². The van der Waals surface area contributed by atoms with E-state index in [9.17, 15) is 26.7 Å². The number of hydrogen-bond acceptors (Lipinski definition) is 9. The molecular weight excluding hydrogens is 748 g/mol. The number of allylic oxidation sites excluding steroid dienone is 2. The molecule has 0 saturated carbocycles. The molecule has 0 aromatic heterocycles. The fourth-order valence-electron chi connectivity index (χ4n) is 5.65. The summed E-state index contributed by atoms with van der Waals surface area (Å²) in [4.78, 5) is 0. The highest BCUT2D eigenvalue weighted by molar-refractivity contribution is 7.87. The average molecular weight is 799 g/mol. The Balaban J connectivity index is 0.000000239. The summed E-state index contributed by atoms with van der Waals surface area (Å²) in [5.41, 5.74) is 0.291. The molecule has 4 aromatic carbocycles. The highest BCUT2D eigenvalue weighted by atomic mass is 32.2. The maximum absolute atomic E-state index is 12.5. The molecule has 4 N–H and O–H groups in total. The van der Waals surface area contributed by atoms with Crippen molar-refractivity contribution in [1.82, 2.24) is 0 Å². The van der Waals surface area contributed by atoms with Gasteiger partial charge in [0.05, 0.1) is 0 Å². The summed E-state index contributed by atoms with van der Waals surface area (Å²) < 4.78 is 75.7. The van der Waals surface area contributed by atoms with Gasteiger partial charge in [0.15, 0.2) is 0 Å². The summed E-state index contributed by atoms with van der Waals surface area (Å²) >= 11 is 0. The van der Waals surface area contributed by atoms with Crippen LogP contribution < -0.4 is 14.9 Å². The lowest BCUT2D eigenvalue weighted by Crippen LogP contribution is -2.29. The molecule has 2 aliphatic carbocycles. The van der Waals surface area contributed by atoms with Gasteiger partial charge in [0, 0.05) is 5.56 Å². The Hall–Kier alpha value is -4.92. The maximum Gasteiger partial charge on any atom is 0.534 e. The van der Waals surface area contributed by atoms with Crippen molar-refractivity contribution in [2.75, 3.05) is 0 Å². The zero-order valence-corrected chi connectivity index (χ0v) is 32.3. The van der Waals surface area contributed by atoms with E-state index in [1.165, 1.54) is 53.1 Å². The summed E-state index contributed by atoms with van der Waals surface area (Å²) in [5.74, 6) is 1.61. The van der Waals surface area contributed by atoms with Crippen molar-refractivity contribution < 1.29 is 55.5 Å². The molecule has 0 radical (unpaired) electrons. The van der Waals surface area contributed by atoms with Crippen molar-refractivity contribution in [1.29, 1.82) is 0 Å². The number of halogens is 3. The van der Waals surface area contributed by atoms with Gasteiger partial charge in [-0.15, -0.1) is 0 Å². The number of aromatic hydroxyl groups is 2. The first-order chi connectivity index (χ1) is 25.5. The number of phenolic OH excluding ortho intramolecular Hbond substituents is 2. The van der Waals surface area contributed by atoms with Gasteiger partial charge in [0.1, 0.15) is 40.0 Å². The average Bonchev–Trinajstić information content (AvgIpc) is 3.07. The summed E-state index contributed by atoms with van der Waals surface area (Å²) in [5, 5.41) is 35.4. The number of ether oxygens (including phenoxy) is 2. The summed E-state index contributed by atoms with van der Waals surface area (Å²) in [7, 11) is -7.14. The Morgan fingerprint density at radius 2 is 1.09 bits per heavy atom. The van der Waals surface area contributed by atoms with Gasteiger partial charge in [0.25, 0.3) is 0 Å². The molecule has 0 unspecified atom stereocenters. The Morgan fingerprint density at radius 1 is 0.643 bits per heavy atom. The molecular formula is C42H50BF3O9S. The van der Waals surface area contributed by atoms with Crippen molar-refractivity contribution >= 4 is 34.0 Å². The fraction of sp³-hybridized carbons (Fsp3) is 0.333. The van der Waals surface area contributed by atoms with E-state index >= 15 is 0 Å². The molecule has 0 amide bonds. The highest BCUT2D eigenvalue weighted by Crippen LogP contribution is 2.37. The second kappa shape index (κ2) is 18.4. The van der Waals surface area contributed by atoms with Crippen LogP contribution in [-0.2, 0) is 27.1 Å². The molecule has 0 heterocycles. The number of alkyl halides is 3. The van der Waals surface area contributed by atoms with Crippen LogP contribution in [0.15, 0.2) is 97.1 Å². The highest BCUT2D eigenvalue weighted by Gasteiger charge is 2.49. The SMILES string of the molecule is C.CC(C)(C)Oc1ccc2c(c1)CCC=C2OS(=O)(=O)C(F)(F)F.CC(C)(C)Oc1ccc2c(c1)CCC=C2c1ccc(O)cc1.OB(O)c1ccc(O)cc1. The van der Waals surface area contributed by atoms with Crippen molar-refractivity contribution in [3.8, 4) is 23.0 Å². The third-order valence-corrected chi connectivity index (χ3v) is 8.88. The van der Waals surface area contributed by atoms with E-state index in [0.717, 1.165) is 24.2 Å². The molecule has 0 fully saturated rings. The summed E-state index contributed by atoms with van der Waals surface area (Å²) in [6, 6.07) is 24.2. The molecule has 9 nitrogen and oxygen atoms in total. The topological polar surface area (TPSA) is 143 Å². The van der Waals surface area contributed by atoms with E-state index < -0.39 is 28.3 Å². The Bertz CT molecular complexity index is 2100. The van der Waals surface area contributed by atoms with E-state index in [1.54, 1.807) is 24.3 Å². The van der Waals surface area contributed by atoms with Crippen LogP contribution in [0, 0.1) is 0 Å². The number of benzene rings is 4. The van der Waals surface area contributed by atoms with E-state index in [2.05, 4.69) is 43.2 Å². The maximum atomic E-state index is 12.5. The van der Waals surface area contributed by atoms with Crippen molar-refractivity contribution in [3.05, 3.63) is 125 Å². The first-order valence-corrected chi connectivity index (χ1v) is 18.9. The molecule has 0 bridgehead atoms. The van der Waals surface area contributed by atoms with Gasteiger partial charge < -0.3 is 33.9 Å². The minimum atomic E-state index is -5.68. The quantitative estimate of drug-likeness (QED) is 0.0857. The minimum Gasteiger partial charge on any atom is -0.508 e. The van der Waals surface area contributed by atoms with Crippen LogP contribution in [0.5, 0.6) is 23.0 Å². The van der Waals surface area contributed by atoms with E-state index in [0.29, 0.717) is 40.9 Å². The van der Waals surface area contributed by atoms with Gasteiger partial charge in [-0.1, -0.05) is 43.8 Å². The van der Waals surface area contributed by atoms with E-state index in [1.807, 2.05) is 39.0 Å². The van der Waals surface area contributed by atoms with E-state index in [-0.39, 0.29) is 24.5 Å². The third-order valence-electron chi connectivity index (χ3n) is 7.92. The monoisotopic (exact) mass is 798 g/mol. The standard InChI is InChI=1S/C20H22O2.C15H17F3O4S.C6H7BO3.CH4/c1-20(2,3)22-17-11-12-19-15(13-17)5-4-6-18(19)14-7-9-16(21)10-8-14;1-14(2,3)21-11-7-8-12-10(9-11)5-4-6-13(12)22-23(19,20)15(16,17)18;8-6-3-1-5(2-4-6)7(9)10;/h6-13,21H,4-5H2,1-3H3;6-9H,4-5H2,1-3H3;1-4,8-10H;1H4. The molecule has 6 rings (SSSR count). The molecule has 302 valence electrons. The van der Waals surface area contributed by atoms with Crippen molar-refractivity contribution in [3.63, 3.8) is 0 Å². The molecule has 0 aliphatic heterocycles. The lowest BCUT2D eigenvalue weighted by molar-refractivity contribution is -0.0509. The normalized spacial score (nSPS) is 13.7. The Morgan fingerprint density at radius 3 is 1.55 bits per heavy atom. The smallest absolute Gasteiger partial charge is 0.508 e. The second-order valence-electron chi connectivity index (χ2n) is 14.8. The van der Waals surface area contributed by atoms with Crippen molar-refractivity contribution in [2.45, 2.75) is 91.4 Å². The summed E-state index contributed by atoms with van der Waals surface area (Å²) in [6.45, 7) is 11.8. The number of rotatable bonds is 6. The number of hydrogen-bond donors (Lipinski definition) is 4.